The molecule has 45 heavy (non-hydrogen) atoms. The van der Waals surface area contributed by atoms with Gasteiger partial charge in [-0.15, -0.1) is 0 Å². The molecule has 2 atom stereocenters. The number of β-amino-alcohol motifs (C(OH)–C–C–N with tert-alkyl or cyclic N) is 1. The number of hydrogen-bond donors (Lipinski definition) is 2. The molecule has 3 aromatic rings. The van der Waals surface area contributed by atoms with Gasteiger partial charge in [0.05, 0.1) is 29.5 Å². The fourth-order valence-corrected chi connectivity index (χ4v) is 4.95. The van der Waals surface area contributed by atoms with Gasteiger partial charge in [0.1, 0.15) is 22.8 Å². The summed E-state index contributed by atoms with van der Waals surface area (Å²) in [5.41, 5.74) is -0.162. The summed E-state index contributed by atoms with van der Waals surface area (Å²) >= 11 is 0. The van der Waals surface area contributed by atoms with E-state index in [1.54, 1.807) is 59.9 Å². The highest BCUT2D eigenvalue weighted by Crippen LogP contribution is 2.34. The topological polar surface area (TPSA) is 165 Å². The number of nitrogens with zero attached hydrogens (tertiary/aromatic N) is 6. The maximum absolute atomic E-state index is 13.7. The highest BCUT2D eigenvalue weighted by molar-refractivity contribution is 5.96. The molecule has 1 saturated heterocycles. The number of piperidine rings is 1. The Labute approximate surface area is 262 Å². The molecule has 1 aliphatic heterocycles. The summed E-state index contributed by atoms with van der Waals surface area (Å²) in [4.78, 5) is 44.9. The largest absolute Gasteiger partial charge is 0.444 e. The summed E-state index contributed by atoms with van der Waals surface area (Å²) in [6.07, 6.45) is 0.190. The molecule has 1 fully saturated rings. The van der Waals surface area contributed by atoms with Crippen molar-refractivity contribution in [1.29, 1.82) is 0 Å². The standard InChI is InChI=1S/C31H43N7O7/c1-19(2)23-17-33-37-26(36(29(41)45-31(6,7)8)21-10-9-11-22(14-21)38(42)43)15-25(34-27(23)37)32-16-20-12-13-35(18-24(20)39)28(40)44-30(3,4)5/h9-11,14-15,17,19-20,24,39H,12-13,16,18H2,1-8H3,(H,32,34)/t20-,24+/m1/s1. The van der Waals surface area contributed by atoms with Crippen LogP contribution in [0.15, 0.2) is 36.5 Å². The molecule has 14 heteroatoms. The quantitative estimate of drug-likeness (QED) is 0.240. The number of aromatic nitrogens is 3. The number of nitro groups is 1. The van der Waals surface area contributed by atoms with E-state index in [0.717, 1.165) is 5.56 Å². The maximum Gasteiger partial charge on any atom is 0.420 e. The molecule has 2 amide bonds. The van der Waals surface area contributed by atoms with E-state index in [-0.39, 0.29) is 35.6 Å². The Hall–Kier alpha value is -4.46. The minimum Gasteiger partial charge on any atom is -0.444 e. The van der Waals surface area contributed by atoms with E-state index >= 15 is 0 Å². The lowest BCUT2D eigenvalue weighted by atomic mass is 9.94. The average molecular weight is 626 g/mol. The Morgan fingerprint density at radius 3 is 2.44 bits per heavy atom. The fraction of sp³-hybridized carbons (Fsp3) is 0.548. The van der Waals surface area contributed by atoms with Gasteiger partial charge in [-0.25, -0.2) is 19.5 Å². The van der Waals surface area contributed by atoms with Crippen LogP contribution in [0.5, 0.6) is 0 Å². The highest BCUT2D eigenvalue weighted by Gasteiger charge is 2.33. The monoisotopic (exact) mass is 625 g/mol. The average Bonchev–Trinajstić information content (AvgIpc) is 3.35. The Balaban J connectivity index is 1.70. The minimum atomic E-state index is -0.860. The second-order valence-corrected chi connectivity index (χ2v) is 13.5. The summed E-state index contributed by atoms with van der Waals surface area (Å²) < 4.78 is 12.7. The number of carbonyl (C=O) groups is 2. The lowest BCUT2D eigenvalue weighted by molar-refractivity contribution is -0.384. The number of nitrogens with one attached hydrogen (secondary N) is 1. The predicted octanol–water partition coefficient (Wildman–Crippen LogP) is 5.86. The molecular weight excluding hydrogens is 582 g/mol. The normalized spacial score (nSPS) is 17.3. The van der Waals surface area contributed by atoms with Gasteiger partial charge in [-0.05, 0) is 59.9 Å². The van der Waals surface area contributed by atoms with Crippen molar-refractivity contribution >= 4 is 40.8 Å². The second kappa shape index (κ2) is 12.9. The van der Waals surface area contributed by atoms with Crippen molar-refractivity contribution in [3.8, 4) is 0 Å². The van der Waals surface area contributed by atoms with Gasteiger partial charge in [0.15, 0.2) is 5.65 Å². The van der Waals surface area contributed by atoms with Crippen LogP contribution in [-0.2, 0) is 9.47 Å². The third-order valence-corrected chi connectivity index (χ3v) is 7.12. The molecule has 0 bridgehead atoms. The molecule has 0 spiro atoms. The van der Waals surface area contributed by atoms with Crippen LogP contribution < -0.4 is 10.2 Å². The zero-order valence-corrected chi connectivity index (χ0v) is 27.1. The number of carbonyl (C=O) groups excluding carboxylic acids is 2. The van der Waals surface area contributed by atoms with Gasteiger partial charge in [-0.3, -0.25) is 10.1 Å². The number of rotatable bonds is 7. The van der Waals surface area contributed by atoms with Gasteiger partial charge in [0.2, 0.25) is 0 Å². The predicted molar refractivity (Wildman–Crippen MR) is 169 cm³/mol. The van der Waals surface area contributed by atoms with Crippen molar-refractivity contribution in [1.82, 2.24) is 19.5 Å². The lowest BCUT2D eigenvalue weighted by Crippen LogP contribution is -2.49. The van der Waals surface area contributed by atoms with E-state index < -0.39 is 34.4 Å². The molecule has 14 nitrogen and oxygen atoms in total. The lowest BCUT2D eigenvalue weighted by Gasteiger charge is -2.36. The van der Waals surface area contributed by atoms with Crippen molar-refractivity contribution in [2.75, 3.05) is 29.9 Å². The zero-order valence-electron chi connectivity index (χ0n) is 27.1. The number of anilines is 3. The number of aliphatic hydroxyl groups excluding tert-OH is 1. The molecule has 0 saturated carbocycles. The molecule has 3 heterocycles. The van der Waals surface area contributed by atoms with Gasteiger partial charge in [-0.2, -0.15) is 9.61 Å². The number of non-ortho nitro benzene ring substituents is 1. The van der Waals surface area contributed by atoms with E-state index in [0.29, 0.717) is 31.0 Å². The number of nitro benzene ring substituents is 1. The van der Waals surface area contributed by atoms with E-state index in [4.69, 9.17) is 14.5 Å². The Bertz CT molecular complexity index is 1560. The molecule has 0 unspecified atom stereocenters. The molecule has 1 aromatic carbocycles. The zero-order chi connectivity index (χ0) is 33.3. The van der Waals surface area contributed by atoms with Gasteiger partial charge in [-0.1, -0.05) is 19.9 Å². The molecule has 0 radical (unpaired) electrons. The van der Waals surface area contributed by atoms with Crippen LogP contribution in [-0.4, -0.2) is 78.7 Å². The Kier molecular flexibility index (Phi) is 9.57. The third kappa shape index (κ3) is 8.18. The molecule has 1 aliphatic rings. The molecule has 4 rings (SSSR count). The van der Waals surface area contributed by atoms with Gasteiger partial charge >= 0.3 is 12.2 Å². The van der Waals surface area contributed by atoms with Crippen LogP contribution >= 0.6 is 0 Å². The summed E-state index contributed by atoms with van der Waals surface area (Å²) in [6.45, 7) is 15.5. The van der Waals surface area contributed by atoms with Crippen molar-refractivity contribution in [3.63, 3.8) is 0 Å². The first-order chi connectivity index (χ1) is 20.9. The van der Waals surface area contributed by atoms with Crippen molar-refractivity contribution in [2.45, 2.75) is 85.0 Å². The maximum atomic E-state index is 13.7. The first-order valence-corrected chi connectivity index (χ1v) is 15.0. The van der Waals surface area contributed by atoms with Gasteiger partial charge in [0, 0.05) is 42.8 Å². The molecule has 2 aromatic heterocycles. The number of aliphatic hydroxyl groups is 1. The number of amides is 2. The fourth-order valence-electron chi connectivity index (χ4n) is 4.95. The summed E-state index contributed by atoms with van der Waals surface area (Å²) in [6, 6.07) is 7.34. The number of ether oxygens (including phenoxy) is 2. The van der Waals surface area contributed by atoms with Crippen molar-refractivity contribution in [2.24, 2.45) is 5.92 Å². The second-order valence-electron chi connectivity index (χ2n) is 13.5. The Morgan fingerprint density at radius 2 is 1.84 bits per heavy atom. The summed E-state index contributed by atoms with van der Waals surface area (Å²) in [5.74, 6) is 0.508. The van der Waals surface area contributed by atoms with E-state index in [1.807, 2.05) is 13.8 Å². The first kappa shape index (κ1) is 33.4. The molecule has 0 aliphatic carbocycles. The van der Waals surface area contributed by atoms with E-state index in [1.165, 1.54) is 32.5 Å². The highest BCUT2D eigenvalue weighted by atomic mass is 16.6. The van der Waals surface area contributed by atoms with Crippen LogP contribution in [0.2, 0.25) is 0 Å². The number of likely N-dealkylation sites (tertiary alicyclic amines) is 1. The van der Waals surface area contributed by atoms with Crippen LogP contribution in [0.3, 0.4) is 0 Å². The number of fused-ring (bicyclic) bond motifs is 1. The first-order valence-electron chi connectivity index (χ1n) is 15.0. The van der Waals surface area contributed by atoms with Crippen LogP contribution in [0.1, 0.15) is 73.3 Å². The third-order valence-electron chi connectivity index (χ3n) is 7.12. The minimum absolute atomic E-state index is 0.0462. The van der Waals surface area contributed by atoms with Crippen molar-refractivity contribution < 1.29 is 29.1 Å². The smallest absolute Gasteiger partial charge is 0.420 e. The molecule has 244 valence electrons. The summed E-state index contributed by atoms with van der Waals surface area (Å²) in [5, 5.41) is 30.4. The van der Waals surface area contributed by atoms with Crippen LogP contribution in [0, 0.1) is 16.0 Å². The Morgan fingerprint density at radius 1 is 1.16 bits per heavy atom. The molecule has 2 N–H and O–H groups in total. The summed E-state index contributed by atoms with van der Waals surface area (Å²) in [7, 11) is 0. The van der Waals surface area contributed by atoms with Crippen LogP contribution in [0.25, 0.3) is 5.65 Å². The molecular formula is C31H43N7O7. The van der Waals surface area contributed by atoms with Gasteiger partial charge in [0.25, 0.3) is 5.69 Å². The van der Waals surface area contributed by atoms with E-state index in [9.17, 15) is 24.8 Å². The number of benzene rings is 1. The van der Waals surface area contributed by atoms with Gasteiger partial charge < -0.3 is 24.8 Å². The van der Waals surface area contributed by atoms with Crippen LogP contribution in [0.4, 0.5) is 32.6 Å². The number of hydrogen-bond acceptors (Lipinski definition) is 10. The van der Waals surface area contributed by atoms with E-state index in [2.05, 4.69) is 10.4 Å². The SMILES string of the molecule is CC(C)c1cnn2c(N(C(=O)OC(C)(C)C)c3cccc([N+](=O)[O-])c3)cc(NC[C@H]3CCN(C(=O)OC(C)(C)C)C[C@@H]3O)nc12. The van der Waals surface area contributed by atoms with Crippen molar-refractivity contribution in [3.05, 3.63) is 52.2 Å².